The van der Waals surface area contributed by atoms with Gasteiger partial charge in [-0.15, -0.1) is 12.4 Å². The van der Waals surface area contributed by atoms with Gasteiger partial charge in [-0.25, -0.2) is 0 Å². The topological polar surface area (TPSA) is 52.2 Å². The number of rotatable bonds is 1. The van der Waals surface area contributed by atoms with Crippen LogP contribution in [0.5, 0.6) is 0 Å². The van der Waals surface area contributed by atoms with Crippen LogP contribution in [0.2, 0.25) is 0 Å². The Morgan fingerprint density at radius 1 is 1.83 bits per heavy atom. The van der Waals surface area contributed by atoms with Crippen LogP contribution in [0.3, 0.4) is 0 Å². The van der Waals surface area contributed by atoms with Gasteiger partial charge in [-0.3, -0.25) is 8.93 Å². The summed E-state index contributed by atoms with van der Waals surface area (Å²) in [4.78, 5) is 0. The van der Waals surface area contributed by atoms with E-state index >= 15 is 0 Å². The zero-order valence-electron chi connectivity index (χ0n) is 3.13. The van der Waals surface area contributed by atoms with E-state index in [0.29, 0.717) is 0 Å². The van der Waals surface area contributed by atoms with E-state index in [9.17, 15) is 8.76 Å². The van der Waals surface area contributed by atoms with Crippen LogP contribution in [0.4, 0.5) is 0 Å². The molecule has 0 fully saturated rings. The van der Waals surface area contributed by atoms with Gasteiger partial charge in [0.05, 0.1) is 0 Å². The van der Waals surface area contributed by atoms with Crippen molar-refractivity contribution in [2.24, 2.45) is 0 Å². The standard InChI is InChI=1S/CH5NO2S.ClH/c1-2-5(3)4;/h2H,1H3,(H,3,4);1H/p-1. The summed E-state index contributed by atoms with van der Waals surface area (Å²) in [5, 5.41) is 0. The fourth-order valence-corrected chi connectivity index (χ4v) is 0. The molecule has 0 saturated heterocycles. The molecule has 0 aliphatic rings. The number of hydrogen-bond donors (Lipinski definition) is 1. The molecule has 0 bridgehead atoms. The quantitative estimate of drug-likeness (QED) is 0.483. The molecule has 0 heterocycles. The molecule has 0 spiro atoms. The van der Waals surface area contributed by atoms with E-state index in [-0.39, 0.29) is 12.4 Å². The van der Waals surface area contributed by atoms with E-state index < -0.39 is 11.3 Å². The van der Waals surface area contributed by atoms with E-state index in [1.807, 2.05) is 4.72 Å². The van der Waals surface area contributed by atoms with Crippen LogP contribution < -0.4 is 4.72 Å². The van der Waals surface area contributed by atoms with Crippen LogP contribution in [0.15, 0.2) is 0 Å². The van der Waals surface area contributed by atoms with Gasteiger partial charge in [0.25, 0.3) is 0 Å². The number of hydrogen-bond acceptors (Lipinski definition) is 2. The molecule has 0 aromatic rings. The molecule has 6 heavy (non-hydrogen) atoms. The Labute approximate surface area is 45.0 Å². The molecule has 5 heteroatoms. The van der Waals surface area contributed by atoms with Gasteiger partial charge in [-0.05, 0) is 7.05 Å². The molecule has 0 saturated carbocycles. The second kappa shape index (κ2) is 5.36. The van der Waals surface area contributed by atoms with E-state index in [2.05, 4.69) is 0 Å². The first-order valence-electron chi connectivity index (χ1n) is 1.04. The highest BCUT2D eigenvalue weighted by Crippen LogP contribution is 1.47. The average Bonchev–Trinajstić information content (AvgIpc) is 1.38. The minimum atomic E-state index is -2.07. The summed E-state index contributed by atoms with van der Waals surface area (Å²) in [7, 11) is 1.34. The summed E-state index contributed by atoms with van der Waals surface area (Å²) in [5.74, 6) is 0. The van der Waals surface area contributed by atoms with Crippen LogP contribution >= 0.6 is 12.4 Å². The van der Waals surface area contributed by atoms with Gasteiger partial charge in [0.2, 0.25) is 0 Å². The van der Waals surface area contributed by atoms with Crippen LogP contribution in [-0.4, -0.2) is 15.8 Å². The minimum absolute atomic E-state index is 0. The molecule has 1 N–H and O–H groups in total. The summed E-state index contributed by atoms with van der Waals surface area (Å²) in [6.45, 7) is 0. The molecule has 0 aromatic carbocycles. The SMILES string of the molecule is CNS(=O)[O-].Cl. The van der Waals surface area contributed by atoms with Crippen molar-refractivity contribution in [3.63, 3.8) is 0 Å². The Hall–Kier alpha value is 0.360. The van der Waals surface area contributed by atoms with E-state index in [1.54, 1.807) is 0 Å². The Kier molecular flexibility index (Phi) is 8.59. The Balaban J connectivity index is 0. The summed E-state index contributed by atoms with van der Waals surface area (Å²) < 4.78 is 20.5. The number of nitrogens with one attached hydrogen (secondary N) is 1. The van der Waals surface area contributed by atoms with Gasteiger partial charge in [-0.1, -0.05) is 0 Å². The van der Waals surface area contributed by atoms with Crippen molar-refractivity contribution in [3.05, 3.63) is 0 Å². The maximum Gasteiger partial charge on any atom is 0.0178 e. The normalized spacial score (nSPS) is 12.3. The molecule has 0 aromatic heterocycles. The first-order chi connectivity index (χ1) is 2.27. The van der Waals surface area contributed by atoms with Crippen molar-refractivity contribution >= 4 is 23.7 Å². The van der Waals surface area contributed by atoms with Gasteiger partial charge < -0.3 is 4.55 Å². The third kappa shape index (κ3) is 8.84. The highest BCUT2D eigenvalue weighted by atomic mass is 35.5. The van der Waals surface area contributed by atoms with Gasteiger partial charge in [0.1, 0.15) is 0 Å². The molecule has 0 rings (SSSR count). The van der Waals surface area contributed by atoms with Crippen molar-refractivity contribution < 1.29 is 8.76 Å². The highest BCUT2D eigenvalue weighted by Gasteiger charge is 1.57. The predicted octanol–water partition coefficient (Wildman–Crippen LogP) is -0.578. The third-order valence-electron chi connectivity index (χ3n) is 0.167. The maximum absolute atomic E-state index is 9.26. The molecule has 40 valence electrons. The van der Waals surface area contributed by atoms with Crippen molar-refractivity contribution in [1.82, 2.24) is 4.72 Å². The summed E-state index contributed by atoms with van der Waals surface area (Å²) in [5.41, 5.74) is 0. The molecule has 0 amide bonds. The zero-order valence-corrected chi connectivity index (χ0v) is 4.77. The lowest BCUT2D eigenvalue weighted by Crippen LogP contribution is -2.07. The molecule has 0 radical (unpaired) electrons. The van der Waals surface area contributed by atoms with Crippen LogP contribution in [0.25, 0.3) is 0 Å². The van der Waals surface area contributed by atoms with Crippen LogP contribution in [0, 0.1) is 0 Å². The first kappa shape index (κ1) is 9.61. The zero-order chi connectivity index (χ0) is 4.28. The third-order valence-corrected chi connectivity index (χ3v) is 0.500. The largest absolute Gasteiger partial charge is 0.760 e. The van der Waals surface area contributed by atoms with E-state index in [4.69, 9.17) is 0 Å². The Morgan fingerprint density at radius 3 is 2.00 bits per heavy atom. The van der Waals surface area contributed by atoms with Crippen molar-refractivity contribution in [1.29, 1.82) is 0 Å². The lowest BCUT2D eigenvalue weighted by atomic mass is 11.6. The Morgan fingerprint density at radius 2 is 2.00 bits per heavy atom. The smallest absolute Gasteiger partial charge is 0.0178 e. The molecule has 0 aliphatic heterocycles. The van der Waals surface area contributed by atoms with Crippen molar-refractivity contribution in [2.45, 2.75) is 0 Å². The highest BCUT2D eigenvalue weighted by molar-refractivity contribution is 7.77. The van der Waals surface area contributed by atoms with Gasteiger partial charge >= 0.3 is 0 Å². The average molecular weight is 131 g/mol. The lowest BCUT2D eigenvalue weighted by Gasteiger charge is -1.95. The van der Waals surface area contributed by atoms with Crippen molar-refractivity contribution in [3.8, 4) is 0 Å². The minimum Gasteiger partial charge on any atom is -0.760 e. The van der Waals surface area contributed by atoms with Crippen LogP contribution in [0.1, 0.15) is 0 Å². The van der Waals surface area contributed by atoms with Gasteiger partial charge in [0, 0.05) is 11.3 Å². The molecular formula is CH5ClNO2S-. The first-order valence-corrected chi connectivity index (χ1v) is 2.11. The monoisotopic (exact) mass is 130 g/mol. The number of halogens is 1. The molecule has 3 nitrogen and oxygen atoms in total. The lowest BCUT2D eigenvalue weighted by molar-refractivity contribution is 0.529. The summed E-state index contributed by atoms with van der Waals surface area (Å²) in [6, 6.07) is 0. The fourth-order valence-electron chi connectivity index (χ4n) is 0. The molecule has 1 atom stereocenters. The molecule has 1 unspecified atom stereocenters. The second-order valence-corrected chi connectivity index (χ2v) is 1.32. The van der Waals surface area contributed by atoms with Gasteiger partial charge in [-0.2, -0.15) is 0 Å². The van der Waals surface area contributed by atoms with E-state index in [1.165, 1.54) is 7.05 Å². The van der Waals surface area contributed by atoms with Crippen molar-refractivity contribution in [2.75, 3.05) is 7.05 Å². The van der Waals surface area contributed by atoms with Gasteiger partial charge in [0.15, 0.2) is 0 Å². The molecule has 0 aliphatic carbocycles. The predicted molar refractivity (Wildman–Crippen MR) is 25.2 cm³/mol. The van der Waals surface area contributed by atoms with E-state index in [0.717, 1.165) is 0 Å². The Bertz CT molecular complexity index is 48.8. The second-order valence-electron chi connectivity index (χ2n) is 0.439. The maximum atomic E-state index is 9.26. The molecular weight excluding hydrogens is 126 g/mol. The fraction of sp³-hybridized carbons (Fsp3) is 1.00. The summed E-state index contributed by atoms with van der Waals surface area (Å²) >= 11 is -2.07. The van der Waals surface area contributed by atoms with Crippen LogP contribution in [-0.2, 0) is 11.3 Å². The summed E-state index contributed by atoms with van der Waals surface area (Å²) in [6.07, 6.45) is 0.